The van der Waals surface area contributed by atoms with E-state index in [-0.39, 0.29) is 6.04 Å². The maximum atomic E-state index is 6.30. The Morgan fingerprint density at radius 2 is 1.90 bits per heavy atom. The van der Waals surface area contributed by atoms with Gasteiger partial charge in [0, 0.05) is 21.2 Å². The van der Waals surface area contributed by atoms with Crippen LogP contribution in [0.25, 0.3) is 0 Å². The molecule has 0 spiro atoms. The molecule has 104 valence electrons. The normalized spacial score (nSPS) is 18.2. The first-order valence-electron chi connectivity index (χ1n) is 6.95. The average Bonchev–Trinajstić information content (AvgIpc) is 2.44. The van der Waals surface area contributed by atoms with Crippen LogP contribution in [0.5, 0.6) is 0 Å². The SMILES string of the molecule is NC(CSc1ccccc1Br)CC1Cc2ccccc21. The van der Waals surface area contributed by atoms with Gasteiger partial charge in [0.2, 0.25) is 0 Å². The lowest BCUT2D eigenvalue weighted by molar-refractivity contribution is 0.510. The van der Waals surface area contributed by atoms with E-state index in [0.29, 0.717) is 5.92 Å². The van der Waals surface area contributed by atoms with Crippen molar-refractivity contribution in [2.24, 2.45) is 5.73 Å². The van der Waals surface area contributed by atoms with Gasteiger partial charge in [-0.05, 0) is 57.9 Å². The van der Waals surface area contributed by atoms with Crippen LogP contribution in [0.15, 0.2) is 57.9 Å². The summed E-state index contributed by atoms with van der Waals surface area (Å²) in [5, 5.41) is 0. The van der Waals surface area contributed by atoms with E-state index in [1.165, 1.54) is 22.4 Å². The average molecular weight is 348 g/mol. The molecule has 0 bridgehead atoms. The second kappa shape index (κ2) is 6.33. The summed E-state index contributed by atoms with van der Waals surface area (Å²) >= 11 is 5.42. The third kappa shape index (κ3) is 3.11. The molecule has 1 aliphatic rings. The minimum atomic E-state index is 0.255. The van der Waals surface area contributed by atoms with Crippen LogP contribution < -0.4 is 5.73 Å². The summed E-state index contributed by atoms with van der Waals surface area (Å²) in [7, 11) is 0. The second-order valence-corrected chi connectivity index (χ2v) is 7.25. The summed E-state index contributed by atoms with van der Waals surface area (Å²) in [5.41, 5.74) is 9.31. The summed E-state index contributed by atoms with van der Waals surface area (Å²) < 4.78 is 1.16. The molecular formula is C17H18BrNS. The fourth-order valence-electron chi connectivity index (χ4n) is 2.77. The third-order valence-corrected chi connectivity index (χ3v) is 6.05. The Labute approximate surface area is 133 Å². The molecule has 0 aromatic heterocycles. The van der Waals surface area contributed by atoms with Gasteiger partial charge in [0.15, 0.2) is 0 Å². The molecule has 2 N–H and O–H groups in total. The molecule has 0 saturated heterocycles. The van der Waals surface area contributed by atoms with Crippen LogP contribution in [0.2, 0.25) is 0 Å². The quantitative estimate of drug-likeness (QED) is 0.800. The van der Waals surface area contributed by atoms with Gasteiger partial charge in [-0.25, -0.2) is 0 Å². The van der Waals surface area contributed by atoms with Crippen molar-refractivity contribution in [3.63, 3.8) is 0 Å². The lowest BCUT2D eigenvalue weighted by atomic mass is 9.75. The predicted octanol–water partition coefficient (Wildman–Crippen LogP) is 4.60. The van der Waals surface area contributed by atoms with Crippen LogP contribution in [0.1, 0.15) is 23.5 Å². The van der Waals surface area contributed by atoms with Crippen molar-refractivity contribution in [1.29, 1.82) is 0 Å². The molecule has 20 heavy (non-hydrogen) atoms. The van der Waals surface area contributed by atoms with Gasteiger partial charge in [0.1, 0.15) is 0 Å². The Bertz CT molecular complexity index is 599. The van der Waals surface area contributed by atoms with E-state index in [9.17, 15) is 0 Å². The van der Waals surface area contributed by atoms with E-state index in [1.54, 1.807) is 0 Å². The number of thioether (sulfide) groups is 1. The maximum absolute atomic E-state index is 6.30. The van der Waals surface area contributed by atoms with E-state index >= 15 is 0 Å². The van der Waals surface area contributed by atoms with Gasteiger partial charge in [-0.1, -0.05) is 36.4 Å². The van der Waals surface area contributed by atoms with Crippen LogP contribution in [-0.4, -0.2) is 11.8 Å². The number of benzene rings is 2. The van der Waals surface area contributed by atoms with E-state index in [4.69, 9.17) is 5.73 Å². The van der Waals surface area contributed by atoms with E-state index in [0.717, 1.165) is 16.6 Å². The standard InChI is InChI=1S/C17H18BrNS/c18-16-7-3-4-8-17(16)20-11-14(19)10-13-9-12-5-1-2-6-15(12)13/h1-8,13-14H,9-11,19H2. The number of hydrogen-bond acceptors (Lipinski definition) is 2. The van der Waals surface area contributed by atoms with E-state index in [2.05, 4.69) is 58.4 Å². The molecule has 2 unspecified atom stereocenters. The van der Waals surface area contributed by atoms with Crippen molar-refractivity contribution in [3.8, 4) is 0 Å². The van der Waals surface area contributed by atoms with Crippen molar-refractivity contribution in [1.82, 2.24) is 0 Å². The smallest absolute Gasteiger partial charge is 0.0311 e. The zero-order valence-electron chi connectivity index (χ0n) is 11.3. The van der Waals surface area contributed by atoms with Gasteiger partial charge >= 0.3 is 0 Å². The molecule has 0 saturated carbocycles. The van der Waals surface area contributed by atoms with Crippen molar-refractivity contribution < 1.29 is 0 Å². The second-order valence-electron chi connectivity index (χ2n) is 5.34. The van der Waals surface area contributed by atoms with E-state index in [1.807, 2.05) is 17.8 Å². The van der Waals surface area contributed by atoms with Crippen molar-refractivity contribution in [2.45, 2.75) is 29.7 Å². The summed E-state index contributed by atoms with van der Waals surface area (Å²) in [4.78, 5) is 1.27. The minimum absolute atomic E-state index is 0.255. The molecule has 1 aliphatic carbocycles. The van der Waals surface area contributed by atoms with Crippen LogP contribution in [-0.2, 0) is 6.42 Å². The lowest BCUT2D eigenvalue weighted by Gasteiger charge is -2.32. The molecule has 2 aromatic carbocycles. The maximum Gasteiger partial charge on any atom is 0.0311 e. The summed E-state index contributed by atoms with van der Waals surface area (Å²) in [6, 6.07) is 17.3. The fourth-order valence-corrected chi connectivity index (χ4v) is 4.30. The van der Waals surface area contributed by atoms with Crippen LogP contribution in [0, 0.1) is 0 Å². The fraction of sp³-hybridized carbons (Fsp3) is 0.294. The first kappa shape index (κ1) is 14.2. The molecule has 1 nitrogen and oxygen atoms in total. The zero-order chi connectivity index (χ0) is 13.9. The summed E-state index contributed by atoms with van der Waals surface area (Å²) in [6.07, 6.45) is 2.29. The summed E-state index contributed by atoms with van der Waals surface area (Å²) in [6.45, 7) is 0. The van der Waals surface area contributed by atoms with Crippen molar-refractivity contribution in [2.75, 3.05) is 5.75 Å². The molecule has 0 heterocycles. The third-order valence-electron chi connectivity index (χ3n) is 3.84. The first-order chi connectivity index (χ1) is 9.74. The van der Waals surface area contributed by atoms with E-state index < -0.39 is 0 Å². The minimum Gasteiger partial charge on any atom is -0.327 e. The van der Waals surface area contributed by atoms with Crippen LogP contribution in [0.3, 0.4) is 0 Å². The Hall–Kier alpha value is -0.770. The van der Waals surface area contributed by atoms with Crippen molar-refractivity contribution in [3.05, 3.63) is 64.1 Å². The number of halogens is 1. The Kier molecular flexibility index (Phi) is 4.49. The molecule has 2 atom stereocenters. The Balaban J connectivity index is 1.52. The molecule has 0 amide bonds. The number of fused-ring (bicyclic) bond motifs is 1. The highest BCUT2D eigenvalue weighted by molar-refractivity contribution is 9.10. The van der Waals surface area contributed by atoms with Gasteiger partial charge in [-0.3, -0.25) is 0 Å². The van der Waals surface area contributed by atoms with Gasteiger partial charge in [0.05, 0.1) is 0 Å². The molecular weight excluding hydrogens is 330 g/mol. The molecule has 0 fully saturated rings. The highest BCUT2D eigenvalue weighted by Gasteiger charge is 2.26. The van der Waals surface area contributed by atoms with Crippen LogP contribution in [0.4, 0.5) is 0 Å². The molecule has 3 heteroatoms. The van der Waals surface area contributed by atoms with Crippen LogP contribution >= 0.6 is 27.7 Å². The largest absolute Gasteiger partial charge is 0.327 e. The number of hydrogen-bond donors (Lipinski definition) is 1. The predicted molar refractivity (Wildman–Crippen MR) is 90.3 cm³/mol. The molecule has 0 radical (unpaired) electrons. The lowest BCUT2D eigenvalue weighted by Crippen LogP contribution is -2.29. The monoisotopic (exact) mass is 347 g/mol. The highest BCUT2D eigenvalue weighted by Crippen LogP contribution is 2.38. The Morgan fingerprint density at radius 1 is 1.15 bits per heavy atom. The molecule has 2 aromatic rings. The van der Waals surface area contributed by atoms with Crippen molar-refractivity contribution >= 4 is 27.7 Å². The summed E-state index contributed by atoms with van der Waals surface area (Å²) in [5.74, 6) is 1.64. The van der Waals surface area contributed by atoms with Gasteiger partial charge in [0.25, 0.3) is 0 Å². The first-order valence-corrected chi connectivity index (χ1v) is 8.72. The number of nitrogens with two attached hydrogens (primary N) is 1. The zero-order valence-corrected chi connectivity index (χ0v) is 13.7. The van der Waals surface area contributed by atoms with Gasteiger partial charge in [-0.15, -0.1) is 11.8 Å². The topological polar surface area (TPSA) is 26.0 Å². The number of rotatable bonds is 5. The molecule has 3 rings (SSSR count). The highest BCUT2D eigenvalue weighted by atomic mass is 79.9. The van der Waals surface area contributed by atoms with Gasteiger partial charge < -0.3 is 5.73 Å². The molecule has 0 aliphatic heterocycles. The Morgan fingerprint density at radius 3 is 2.70 bits per heavy atom. The van der Waals surface area contributed by atoms with Gasteiger partial charge in [-0.2, -0.15) is 0 Å².